The van der Waals surface area contributed by atoms with E-state index in [4.69, 9.17) is 22.1 Å². The molecule has 0 heterocycles. The van der Waals surface area contributed by atoms with Gasteiger partial charge in [-0.2, -0.15) is 0 Å². The number of primary amides is 1. The molecule has 2 atom stereocenters. The number of carbonyl (C=O) groups is 4. The Morgan fingerprint density at radius 1 is 1.12 bits per heavy atom. The van der Waals surface area contributed by atoms with Crippen molar-refractivity contribution >= 4 is 41.1 Å². The number of nitrogens with two attached hydrogens (primary N) is 1. The first-order valence-electron chi connectivity index (χ1n) is 13.2. The van der Waals surface area contributed by atoms with E-state index in [-0.39, 0.29) is 25.1 Å². The second-order valence-electron chi connectivity index (χ2n) is 10.5. The highest BCUT2D eigenvalue weighted by Gasteiger charge is 2.36. The van der Waals surface area contributed by atoms with Crippen molar-refractivity contribution in [2.45, 2.75) is 78.0 Å². The summed E-state index contributed by atoms with van der Waals surface area (Å²) in [4.78, 5) is 53.6. The van der Waals surface area contributed by atoms with Crippen LogP contribution < -0.4 is 16.4 Å². The number of unbranched alkanes of at least 4 members (excludes halogenated alkanes) is 1. The lowest BCUT2D eigenvalue weighted by atomic mass is 10.0. The van der Waals surface area contributed by atoms with E-state index in [0.29, 0.717) is 34.7 Å². The molecule has 0 aliphatic rings. The number of para-hydroxylation sites is 1. The van der Waals surface area contributed by atoms with E-state index < -0.39 is 41.5 Å². The Balaban J connectivity index is 2.57. The van der Waals surface area contributed by atoms with Gasteiger partial charge in [-0.25, -0.2) is 4.79 Å². The fraction of sp³-hybridized carbons (Fsp3) is 0.448. The first-order valence-corrected chi connectivity index (χ1v) is 13.5. The molecule has 218 valence electrons. The Hall–Kier alpha value is -3.79. The normalized spacial score (nSPS) is 12.7. The number of ether oxygens (including phenoxy) is 1. The van der Waals surface area contributed by atoms with Crippen LogP contribution in [0.4, 0.5) is 10.5 Å². The predicted octanol–water partition coefficient (Wildman–Crippen LogP) is 4.82. The molecule has 0 saturated heterocycles. The van der Waals surface area contributed by atoms with E-state index in [9.17, 15) is 24.3 Å². The van der Waals surface area contributed by atoms with Crippen molar-refractivity contribution in [3.05, 3.63) is 58.6 Å². The molecule has 0 bridgehead atoms. The second kappa shape index (κ2) is 14.6. The van der Waals surface area contributed by atoms with Gasteiger partial charge >= 0.3 is 6.09 Å². The second-order valence-corrected chi connectivity index (χ2v) is 10.9. The molecule has 10 nitrogen and oxygen atoms in total. The number of alkyl carbamates (subject to hydrolysis) is 1. The van der Waals surface area contributed by atoms with Crippen molar-refractivity contribution in [3.8, 4) is 5.75 Å². The van der Waals surface area contributed by atoms with Gasteiger partial charge in [0.15, 0.2) is 0 Å². The number of aromatic hydroxyl groups is 1. The van der Waals surface area contributed by atoms with Crippen LogP contribution >= 0.6 is 11.6 Å². The molecule has 2 rings (SSSR count). The van der Waals surface area contributed by atoms with Gasteiger partial charge in [0.2, 0.25) is 11.8 Å². The van der Waals surface area contributed by atoms with E-state index >= 15 is 0 Å². The molecule has 0 fully saturated rings. The van der Waals surface area contributed by atoms with Gasteiger partial charge in [-0.05, 0) is 69.9 Å². The van der Waals surface area contributed by atoms with Crippen LogP contribution in [0.5, 0.6) is 5.75 Å². The molecule has 0 aliphatic heterocycles. The topological polar surface area (TPSA) is 151 Å². The average Bonchev–Trinajstić information content (AvgIpc) is 2.84. The van der Waals surface area contributed by atoms with Crippen LogP contribution in [-0.2, 0) is 19.1 Å². The largest absolute Gasteiger partial charge is 0.508 e. The Kier molecular flexibility index (Phi) is 11.8. The molecule has 0 spiro atoms. The van der Waals surface area contributed by atoms with E-state index in [1.807, 2.05) is 6.92 Å². The minimum absolute atomic E-state index is 0.0933. The number of rotatable bonds is 12. The number of phenolic OH excluding ortho intramolecular Hbond substituents is 1. The number of aryl methyl sites for hydroxylation is 1. The van der Waals surface area contributed by atoms with E-state index in [1.165, 1.54) is 17.0 Å². The fourth-order valence-electron chi connectivity index (χ4n) is 4.04. The fourth-order valence-corrected chi connectivity index (χ4v) is 4.31. The number of hydrogen-bond acceptors (Lipinski definition) is 6. The van der Waals surface area contributed by atoms with Gasteiger partial charge in [-0.3, -0.25) is 14.4 Å². The van der Waals surface area contributed by atoms with Gasteiger partial charge in [-0.15, -0.1) is 0 Å². The number of hydrogen-bond donors (Lipinski definition) is 4. The molecular weight excluding hydrogens is 536 g/mol. The van der Waals surface area contributed by atoms with Crippen molar-refractivity contribution < 1.29 is 29.0 Å². The Labute approximate surface area is 240 Å². The summed E-state index contributed by atoms with van der Waals surface area (Å²) in [7, 11) is 0. The monoisotopic (exact) mass is 574 g/mol. The Morgan fingerprint density at radius 3 is 2.38 bits per heavy atom. The average molecular weight is 575 g/mol. The smallest absolute Gasteiger partial charge is 0.408 e. The van der Waals surface area contributed by atoms with Crippen LogP contribution in [0.25, 0.3) is 0 Å². The maximum absolute atomic E-state index is 14.1. The minimum atomic E-state index is -1.21. The standard InChI is InChI=1S/C29H39ClN4O6/c1-6-7-16-34(27(38)22(14-15-23(31)36)32-28(39)40-29(3,4)5)25(19-11-9-12-20(35)17-19)26(37)33-24-18(2)10-8-13-21(24)30/h8-13,17,22,25,35H,6-7,14-16H2,1-5H3,(H2,31,36)(H,32,39)(H,33,37). The highest BCUT2D eigenvalue weighted by molar-refractivity contribution is 6.34. The van der Waals surface area contributed by atoms with Gasteiger partial charge in [0.25, 0.3) is 5.91 Å². The third-order valence-corrected chi connectivity index (χ3v) is 6.24. The molecule has 40 heavy (non-hydrogen) atoms. The maximum atomic E-state index is 14.1. The molecule has 0 radical (unpaired) electrons. The molecule has 4 amide bonds. The number of carbonyl (C=O) groups excluding carboxylic acids is 4. The summed E-state index contributed by atoms with van der Waals surface area (Å²) in [6.45, 7) is 8.91. The molecule has 11 heteroatoms. The van der Waals surface area contributed by atoms with Crippen molar-refractivity contribution in [3.63, 3.8) is 0 Å². The van der Waals surface area contributed by atoms with E-state index in [1.54, 1.807) is 58.0 Å². The molecule has 0 aromatic heterocycles. The van der Waals surface area contributed by atoms with Crippen molar-refractivity contribution in [1.29, 1.82) is 0 Å². The summed E-state index contributed by atoms with van der Waals surface area (Å²) < 4.78 is 5.34. The summed E-state index contributed by atoms with van der Waals surface area (Å²) in [6.07, 6.45) is 0.0986. The zero-order valence-electron chi connectivity index (χ0n) is 23.6. The molecule has 2 aromatic rings. The third-order valence-electron chi connectivity index (χ3n) is 5.92. The number of amides is 4. The van der Waals surface area contributed by atoms with Gasteiger partial charge in [0.1, 0.15) is 23.4 Å². The number of benzene rings is 2. The molecule has 5 N–H and O–H groups in total. The molecule has 2 unspecified atom stereocenters. The van der Waals surface area contributed by atoms with Crippen LogP contribution in [0.2, 0.25) is 5.02 Å². The predicted molar refractivity (Wildman–Crippen MR) is 154 cm³/mol. The first kappa shape index (κ1) is 32.4. The van der Waals surface area contributed by atoms with Crippen molar-refractivity contribution in [2.75, 3.05) is 11.9 Å². The summed E-state index contributed by atoms with van der Waals surface area (Å²) in [6, 6.07) is 8.79. The lowest BCUT2D eigenvalue weighted by molar-refractivity contribution is -0.141. The van der Waals surface area contributed by atoms with Gasteiger partial charge in [0, 0.05) is 13.0 Å². The van der Waals surface area contributed by atoms with Crippen LogP contribution in [0.3, 0.4) is 0 Å². The summed E-state index contributed by atoms with van der Waals surface area (Å²) in [5.41, 5.74) is 5.96. The zero-order chi connectivity index (χ0) is 30.0. The van der Waals surface area contributed by atoms with Crippen LogP contribution in [0.1, 0.15) is 70.5 Å². The number of anilines is 1. The first-order chi connectivity index (χ1) is 18.7. The zero-order valence-corrected chi connectivity index (χ0v) is 24.4. The lowest BCUT2D eigenvalue weighted by Crippen LogP contribution is -2.52. The summed E-state index contributed by atoms with van der Waals surface area (Å²) in [5, 5.41) is 15.9. The number of nitrogens with one attached hydrogen (secondary N) is 2. The van der Waals surface area contributed by atoms with Gasteiger partial charge in [-0.1, -0.05) is 49.2 Å². The highest BCUT2D eigenvalue weighted by atomic mass is 35.5. The van der Waals surface area contributed by atoms with Crippen molar-refractivity contribution in [2.24, 2.45) is 5.73 Å². The lowest BCUT2D eigenvalue weighted by Gasteiger charge is -2.34. The minimum Gasteiger partial charge on any atom is -0.508 e. The van der Waals surface area contributed by atoms with Crippen LogP contribution in [0, 0.1) is 6.92 Å². The quantitative estimate of drug-likeness (QED) is 0.285. The van der Waals surface area contributed by atoms with Crippen molar-refractivity contribution in [1.82, 2.24) is 10.2 Å². The van der Waals surface area contributed by atoms with Crippen LogP contribution in [0.15, 0.2) is 42.5 Å². The molecular formula is C29H39ClN4O6. The number of nitrogens with zero attached hydrogens (tertiary/aromatic N) is 1. The molecule has 2 aromatic carbocycles. The molecule has 0 aliphatic carbocycles. The Bertz CT molecular complexity index is 1190. The van der Waals surface area contributed by atoms with Crippen LogP contribution in [-0.4, -0.2) is 52.0 Å². The maximum Gasteiger partial charge on any atom is 0.408 e. The highest BCUT2D eigenvalue weighted by Crippen LogP contribution is 2.31. The Morgan fingerprint density at radius 2 is 1.80 bits per heavy atom. The number of phenols is 1. The summed E-state index contributed by atoms with van der Waals surface area (Å²) in [5.74, 6) is -1.93. The number of halogens is 1. The molecule has 0 saturated carbocycles. The van der Waals surface area contributed by atoms with Gasteiger partial charge < -0.3 is 31.1 Å². The van der Waals surface area contributed by atoms with E-state index in [2.05, 4.69) is 10.6 Å². The summed E-state index contributed by atoms with van der Waals surface area (Å²) >= 11 is 6.37. The van der Waals surface area contributed by atoms with Gasteiger partial charge in [0.05, 0.1) is 10.7 Å². The van der Waals surface area contributed by atoms with E-state index in [0.717, 1.165) is 0 Å². The third kappa shape index (κ3) is 9.75. The SMILES string of the molecule is CCCCN(C(=O)C(CCC(N)=O)NC(=O)OC(C)(C)C)C(C(=O)Nc1c(C)cccc1Cl)c1cccc(O)c1.